The van der Waals surface area contributed by atoms with E-state index in [4.69, 9.17) is 0 Å². The summed E-state index contributed by atoms with van der Waals surface area (Å²) in [5, 5.41) is 0. The van der Waals surface area contributed by atoms with Crippen molar-refractivity contribution >= 4 is 0 Å². The van der Waals surface area contributed by atoms with Crippen LogP contribution in [0.3, 0.4) is 0 Å². The maximum Gasteiger partial charge on any atom is 0.525 e. The highest BCUT2D eigenvalue weighted by molar-refractivity contribution is 4.87. The van der Waals surface area contributed by atoms with Crippen LogP contribution in [0.1, 0.15) is 0 Å². The molecule has 0 aliphatic heterocycles. The Bertz CT molecular complexity index is 256. The lowest BCUT2D eigenvalue weighted by molar-refractivity contribution is -0.521. The number of ether oxygens (including phenoxy) is 2. The van der Waals surface area contributed by atoms with Crippen LogP contribution in [0.4, 0.5) is 43.9 Å². The standard InChI is InChI=1S/C5H2F10O2/c6-1-16-4(11,12)2(7,3(8,9)10)17-5(13,14)15/h1H2. The van der Waals surface area contributed by atoms with E-state index in [-0.39, 0.29) is 0 Å². The zero-order valence-electron chi connectivity index (χ0n) is 7.30. The summed E-state index contributed by atoms with van der Waals surface area (Å²) in [4.78, 5) is 0. The fourth-order valence-electron chi connectivity index (χ4n) is 0.603. The molecule has 17 heavy (non-hydrogen) atoms. The predicted octanol–water partition coefficient (Wildman–Crippen LogP) is 3.29. The maximum atomic E-state index is 12.7. The maximum absolute atomic E-state index is 12.7. The summed E-state index contributed by atoms with van der Waals surface area (Å²) in [6.45, 7) is -2.66. The van der Waals surface area contributed by atoms with Crippen molar-refractivity contribution in [1.82, 2.24) is 0 Å². The number of halogens is 10. The van der Waals surface area contributed by atoms with E-state index in [1.807, 2.05) is 0 Å². The van der Waals surface area contributed by atoms with E-state index in [0.29, 0.717) is 0 Å². The first-order chi connectivity index (χ1) is 7.27. The fourth-order valence-corrected chi connectivity index (χ4v) is 0.603. The molecule has 0 saturated carbocycles. The Balaban J connectivity index is 5.41. The van der Waals surface area contributed by atoms with Gasteiger partial charge in [0.25, 0.3) is 0 Å². The van der Waals surface area contributed by atoms with Crippen LogP contribution < -0.4 is 0 Å². The van der Waals surface area contributed by atoms with E-state index < -0.39 is 31.4 Å². The zero-order chi connectivity index (χ0) is 14.1. The monoisotopic (exact) mass is 284 g/mol. The number of alkyl halides is 10. The summed E-state index contributed by atoms with van der Waals surface area (Å²) in [6, 6.07) is 0. The van der Waals surface area contributed by atoms with Gasteiger partial charge in [-0.2, -0.15) is 26.3 Å². The highest BCUT2D eigenvalue weighted by Crippen LogP contribution is 2.49. The van der Waals surface area contributed by atoms with Crippen LogP contribution in [0.2, 0.25) is 0 Å². The third-order valence-corrected chi connectivity index (χ3v) is 1.23. The first-order valence-corrected chi connectivity index (χ1v) is 3.37. The SMILES string of the molecule is FCOC(F)(F)C(F)(OC(F)(F)F)C(F)(F)F. The second-order valence-electron chi connectivity index (χ2n) is 2.41. The van der Waals surface area contributed by atoms with Crippen molar-refractivity contribution in [3.8, 4) is 0 Å². The number of rotatable bonds is 4. The van der Waals surface area contributed by atoms with Crippen molar-refractivity contribution < 1.29 is 53.4 Å². The van der Waals surface area contributed by atoms with Crippen LogP contribution in [0.5, 0.6) is 0 Å². The van der Waals surface area contributed by atoms with E-state index in [9.17, 15) is 43.9 Å². The van der Waals surface area contributed by atoms with Gasteiger partial charge >= 0.3 is 24.5 Å². The third-order valence-electron chi connectivity index (χ3n) is 1.23. The molecular formula is C5H2F10O2. The molecule has 0 spiro atoms. The number of hydrogen-bond acceptors (Lipinski definition) is 2. The molecule has 0 radical (unpaired) electrons. The second kappa shape index (κ2) is 4.48. The highest BCUT2D eigenvalue weighted by atomic mass is 19.4. The lowest BCUT2D eigenvalue weighted by Gasteiger charge is -2.33. The normalized spacial score (nSPS) is 18.0. The Labute approximate surface area is 86.1 Å². The van der Waals surface area contributed by atoms with Gasteiger partial charge in [0, 0.05) is 0 Å². The predicted molar refractivity (Wildman–Crippen MR) is 29.0 cm³/mol. The van der Waals surface area contributed by atoms with Crippen LogP contribution in [0, 0.1) is 0 Å². The molecule has 1 atom stereocenters. The van der Waals surface area contributed by atoms with Crippen LogP contribution in [-0.4, -0.2) is 31.4 Å². The first-order valence-electron chi connectivity index (χ1n) is 3.37. The van der Waals surface area contributed by atoms with Crippen LogP contribution in [0.15, 0.2) is 0 Å². The molecule has 12 heteroatoms. The van der Waals surface area contributed by atoms with Crippen molar-refractivity contribution in [2.45, 2.75) is 24.5 Å². The molecule has 0 rings (SSSR count). The van der Waals surface area contributed by atoms with Gasteiger partial charge in [0.2, 0.25) is 0 Å². The zero-order valence-corrected chi connectivity index (χ0v) is 7.30. The summed E-state index contributed by atoms with van der Waals surface area (Å²) in [5.41, 5.74) is 0. The van der Waals surface area contributed by atoms with Crippen molar-refractivity contribution in [3.05, 3.63) is 0 Å². The molecule has 0 bridgehead atoms. The molecule has 0 aliphatic rings. The van der Waals surface area contributed by atoms with Gasteiger partial charge in [-0.3, -0.25) is 4.74 Å². The van der Waals surface area contributed by atoms with E-state index in [2.05, 4.69) is 4.74 Å². The van der Waals surface area contributed by atoms with Gasteiger partial charge < -0.3 is 0 Å². The molecule has 104 valence electrons. The van der Waals surface area contributed by atoms with E-state index >= 15 is 0 Å². The second-order valence-corrected chi connectivity index (χ2v) is 2.41. The number of hydrogen-bond donors (Lipinski definition) is 0. The molecule has 0 aromatic heterocycles. The lowest BCUT2D eigenvalue weighted by atomic mass is 10.2. The van der Waals surface area contributed by atoms with Crippen molar-refractivity contribution in [3.63, 3.8) is 0 Å². The third kappa shape index (κ3) is 3.59. The molecule has 1 unspecified atom stereocenters. The largest absolute Gasteiger partial charge is 0.525 e. The van der Waals surface area contributed by atoms with E-state index in [0.717, 1.165) is 0 Å². The Kier molecular flexibility index (Phi) is 4.27. The van der Waals surface area contributed by atoms with Crippen molar-refractivity contribution in [1.29, 1.82) is 0 Å². The smallest absolute Gasteiger partial charge is 0.284 e. The Morgan fingerprint density at radius 1 is 0.765 bits per heavy atom. The van der Waals surface area contributed by atoms with Crippen molar-refractivity contribution in [2.24, 2.45) is 0 Å². The van der Waals surface area contributed by atoms with Gasteiger partial charge in [0.15, 0.2) is 6.86 Å². The average Bonchev–Trinajstić information content (AvgIpc) is 1.97. The Hall–Kier alpha value is -0.780. The summed E-state index contributed by atoms with van der Waals surface area (Å²) in [6.07, 6.45) is -19.4. The lowest BCUT2D eigenvalue weighted by Crippen LogP contribution is -2.60. The summed E-state index contributed by atoms with van der Waals surface area (Å²) >= 11 is 0. The molecule has 0 N–H and O–H groups in total. The topological polar surface area (TPSA) is 18.5 Å². The summed E-state index contributed by atoms with van der Waals surface area (Å²) in [7, 11) is 0. The van der Waals surface area contributed by atoms with Crippen LogP contribution in [-0.2, 0) is 9.47 Å². The minimum absolute atomic E-state index is 1.67. The first kappa shape index (κ1) is 16.2. The Morgan fingerprint density at radius 2 is 1.18 bits per heavy atom. The Morgan fingerprint density at radius 3 is 1.41 bits per heavy atom. The van der Waals surface area contributed by atoms with Gasteiger partial charge in [-0.1, -0.05) is 0 Å². The van der Waals surface area contributed by atoms with E-state index in [1.54, 1.807) is 4.74 Å². The van der Waals surface area contributed by atoms with Gasteiger partial charge in [0.1, 0.15) is 0 Å². The molecule has 0 heterocycles. The molecule has 0 fully saturated rings. The molecular weight excluding hydrogens is 282 g/mol. The minimum Gasteiger partial charge on any atom is -0.284 e. The fraction of sp³-hybridized carbons (Fsp3) is 1.00. The van der Waals surface area contributed by atoms with Crippen LogP contribution in [0.25, 0.3) is 0 Å². The highest BCUT2D eigenvalue weighted by Gasteiger charge is 2.77. The average molecular weight is 284 g/mol. The molecule has 0 amide bonds. The van der Waals surface area contributed by atoms with Crippen LogP contribution >= 0.6 is 0 Å². The minimum atomic E-state index is -6.80. The molecule has 0 aliphatic carbocycles. The molecule has 0 aromatic rings. The molecule has 0 saturated heterocycles. The summed E-state index contributed by atoms with van der Waals surface area (Å²) in [5.74, 6) is -6.55. The van der Waals surface area contributed by atoms with Gasteiger partial charge in [-0.05, 0) is 0 Å². The molecule has 0 aromatic carbocycles. The van der Waals surface area contributed by atoms with Gasteiger partial charge in [-0.15, -0.1) is 13.2 Å². The summed E-state index contributed by atoms with van der Waals surface area (Å²) < 4.78 is 122. The quantitative estimate of drug-likeness (QED) is 0.737. The molecule has 2 nitrogen and oxygen atoms in total. The van der Waals surface area contributed by atoms with Crippen molar-refractivity contribution in [2.75, 3.05) is 6.86 Å². The van der Waals surface area contributed by atoms with Gasteiger partial charge in [0.05, 0.1) is 0 Å². The van der Waals surface area contributed by atoms with E-state index in [1.165, 1.54) is 0 Å². The van der Waals surface area contributed by atoms with Gasteiger partial charge in [-0.25, -0.2) is 9.13 Å².